The molecule has 0 unspecified atom stereocenters. The second-order valence-electron chi connectivity index (χ2n) is 6.53. The van der Waals surface area contributed by atoms with E-state index in [-0.39, 0.29) is 43.4 Å². The normalized spacial score (nSPS) is 15.6. The van der Waals surface area contributed by atoms with Crippen molar-refractivity contribution in [1.29, 1.82) is 0 Å². The molecular weight excluding hydrogens is 438 g/mol. The number of morpholine rings is 1. The SMILES string of the molecule is Cc1ccc(N=Nc2cc(S(=O)(=O)O)c(N3CCOCC3)cc2S(=O)(=O)O)c(O)c1. The zero-order chi connectivity index (χ0) is 22.1. The Morgan fingerprint density at radius 1 is 0.900 bits per heavy atom. The van der Waals surface area contributed by atoms with Gasteiger partial charge in [-0.15, -0.1) is 10.2 Å². The van der Waals surface area contributed by atoms with Crippen molar-refractivity contribution in [3.05, 3.63) is 35.9 Å². The first kappa shape index (κ1) is 22.1. The Morgan fingerprint density at radius 3 is 2.07 bits per heavy atom. The van der Waals surface area contributed by atoms with Crippen LogP contribution < -0.4 is 4.90 Å². The molecule has 11 nitrogen and oxygen atoms in total. The summed E-state index contributed by atoms with van der Waals surface area (Å²) in [4.78, 5) is 0.208. The molecule has 2 aromatic rings. The summed E-state index contributed by atoms with van der Waals surface area (Å²) in [6.45, 7) is 2.75. The van der Waals surface area contributed by atoms with Crippen LogP contribution in [0.15, 0.2) is 50.4 Å². The van der Waals surface area contributed by atoms with Gasteiger partial charge in [-0.3, -0.25) is 9.11 Å². The third kappa shape index (κ3) is 4.94. The molecule has 0 bridgehead atoms. The van der Waals surface area contributed by atoms with Gasteiger partial charge in [0.05, 0.1) is 18.9 Å². The first-order valence-corrected chi connectivity index (χ1v) is 11.5. The van der Waals surface area contributed by atoms with Crippen molar-refractivity contribution in [3.8, 4) is 5.75 Å². The van der Waals surface area contributed by atoms with Crippen molar-refractivity contribution in [1.82, 2.24) is 0 Å². The Bertz CT molecular complexity index is 1200. The summed E-state index contributed by atoms with van der Waals surface area (Å²) in [5.74, 6) is -0.230. The molecular formula is C17H19N3O8S2. The predicted octanol–water partition coefficient (Wildman–Crippen LogP) is 2.45. The van der Waals surface area contributed by atoms with E-state index >= 15 is 0 Å². The number of anilines is 1. The number of phenols is 1. The van der Waals surface area contributed by atoms with E-state index in [9.17, 15) is 31.0 Å². The molecule has 0 radical (unpaired) electrons. The summed E-state index contributed by atoms with van der Waals surface area (Å²) in [6, 6.07) is 6.17. The third-order valence-corrected chi connectivity index (χ3v) is 6.11. The molecule has 1 fully saturated rings. The molecule has 30 heavy (non-hydrogen) atoms. The molecule has 2 aromatic carbocycles. The summed E-state index contributed by atoms with van der Waals surface area (Å²) in [5.41, 5.74) is 0.0915. The predicted molar refractivity (Wildman–Crippen MR) is 106 cm³/mol. The summed E-state index contributed by atoms with van der Waals surface area (Å²) < 4.78 is 72.2. The molecule has 162 valence electrons. The van der Waals surface area contributed by atoms with Crippen LogP contribution in [-0.2, 0) is 25.0 Å². The molecule has 1 aliphatic heterocycles. The average Bonchev–Trinajstić information content (AvgIpc) is 2.66. The van der Waals surface area contributed by atoms with Gasteiger partial charge in [-0.05, 0) is 36.8 Å². The fourth-order valence-electron chi connectivity index (χ4n) is 2.91. The first-order valence-electron chi connectivity index (χ1n) is 8.64. The first-order chi connectivity index (χ1) is 14.0. The maximum absolute atomic E-state index is 11.9. The van der Waals surface area contributed by atoms with Gasteiger partial charge in [0.25, 0.3) is 20.2 Å². The molecule has 13 heteroatoms. The molecule has 1 heterocycles. The number of phenolic OH excluding ortho intramolecular Hbond substituents is 1. The van der Waals surface area contributed by atoms with Crippen LogP contribution in [0.1, 0.15) is 5.56 Å². The highest BCUT2D eigenvalue weighted by molar-refractivity contribution is 7.86. The van der Waals surface area contributed by atoms with Gasteiger partial charge in [0.1, 0.15) is 26.9 Å². The van der Waals surface area contributed by atoms with Crippen LogP contribution in [0.4, 0.5) is 17.1 Å². The lowest BCUT2D eigenvalue weighted by molar-refractivity contribution is 0.122. The Labute approximate surface area is 173 Å². The average molecular weight is 457 g/mol. The monoisotopic (exact) mass is 457 g/mol. The number of ether oxygens (including phenoxy) is 1. The second-order valence-corrected chi connectivity index (χ2v) is 9.31. The van der Waals surface area contributed by atoms with Crippen molar-refractivity contribution < 1.29 is 35.8 Å². The molecule has 0 amide bonds. The van der Waals surface area contributed by atoms with Crippen molar-refractivity contribution in [2.24, 2.45) is 10.2 Å². The number of benzene rings is 2. The zero-order valence-electron chi connectivity index (χ0n) is 15.8. The van der Waals surface area contributed by atoms with E-state index < -0.39 is 35.7 Å². The van der Waals surface area contributed by atoms with Crippen molar-refractivity contribution in [3.63, 3.8) is 0 Å². The van der Waals surface area contributed by atoms with Gasteiger partial charge in [-0.1, -0.05) is 6.07 Å². The van der Waals surface area contributed by atoms with Crippen molar-refractivity contribution in [2.45, 2.75) is 16.7 Å². The minimum atomic E-state index is -4.83. The van der Waals surface area contributed by atoms with E-state index in [4.69, 9.17) is 4.74 Å². The van der Waals surface area contributed by atoms with E-state index in [2.05, 4.69) is 10.2 Å². The number of hydrogen-bond acceptors (Lipinski definition) is 9. The smallest absolute Gasteiger partial charge is 0.296 e. The maximum Gasteiger partial charge on any atom is 0.296 e. The van der Waals surface area contributed by atoms with Crippen LogP contribution in [0.25, 0.3) is 0 Å². The molecule has 3 rings (SSSR count). The highest BCUT2D eigenvalue weighted by Gasteiger charge is 2.28. The van der Waals surface area contributed by atoms with E-state index in [0.717, 1.165) is 17.7 Å². The molecule has 1 aliphatic rings. The third-order valence-electron chi connectivity index (χ3n) is 4.34. The van der Waals surface area contributed by atoms with Crippen LogP contribution in [0.3, 0.4) is 0 Å². The summed E-state index contributed by atoms with van der Waals surface area (Å²) >= 11 is 0. The zero-order valence-corrected chi connectivity index (χ0v) is 17.4. The number of aromatic hydroxyl groups is 1. The number of aryl methyl sites for hydroxylation is 1. The molecule has 0 atom stereocenters. The van der Waals surface area contributed by atoms with Gasteiger partial charge in [-0.25, -0.2) is 0 Å². The van der Waals surface area contributed by atoms with Crippen molar-refractivity contribution >= 4 is 37.3 Å². The molecule has 0 aliphatic carbocycles. The Morgan fingerprint density at radius 2 is 1.50 bits per heavy atom. The number of rotatable bonds is 5. The second kappa shape index (κ2) is 8.28. The fourth-order valence-corrected chi connectivity index (χ4v) is 4.24. The molecule has 3 N–H and O–H groups in total. The van der Waals surface area contributed by atoms with E-state index in [1.807, 2.05) is 0 Å². The number of azo groups is 1. The topological polar surface area (TPSA) is 166 Å². The summed E-state index contributed by atoms with van der Waals surface area (Å²) in [6.07, 6.45) is 0. The van der Waals surface area contributed by atoms with E-state index in [1.54, 1.807) is 13.0 Å². The molecule has 1 saturated heterocycles. The fraction of sp³-hybridized carbons (Fsp3) is 0.294. The lowest BCUT2D eigenvalue weighted by Crippen LogP contribution is -2.37. The van der Waals surface area contributed by atoms with Crippen LogP contribution in [0.2, 0.25) is 0 Å². The Balaban J connectivity index is 2.19. The van der Waals surface area contributed by atoms with Crippen LogP contribution in [-0.4, -0.2) is 57.4 Å². The number of hydrogen-bond donors (Lipinski definition) is 3. The Hall–Kier alpha value is -2.58. The van der Waals surface area contributed by atoms with Gasteiger partial charge in [0.2, 0.25) is 0 Å². The minimum Gasteiger partial charge on any atom is -0.506 e. The number of nitrogens with zero attached hydrogens (tertiary/aromatic N) is 3. The summed E-state index contributed by atoms with van der Waals surface area (Å²) in [5, 5.41) is 17.4. The highest BCUT2D eigenvalue weighted by Crippen LogP contribution is 2.37. The molecule has 0 aromatic heterocycles. The lowest BCUT2D eigenvalue weighted by Gasteiger charge is -2.30. The maximum atomic E-state index is 11.9. The molecule has 0 saturated carbocycles. The van der Waals surface area contributed by atoms with Crippen LogP contribution >= 0.6 is 0 Å². The van der Waals surface area contributed by atoms with Gasteiger partial charge < -0.3 is 14.7 Å². The van der Waals surface area contributed by atoms with E-state index in [1.165, 1.54) is 17.0 Å². The van der Waals surface area contributed by atoms with Gasteiger partial charge >= 0.3 is 0 Å². The Kier molecular flexibility index (Phi) is 6.10. The van der Waals surface area contributed by atoms with Crippen molar-refractivity contribution in [2.75, 3.05) is 31.2 Å². The minimum absolute atomic E-state index is 0.00690. The standard InChI is InChI=1S/C17H19N3O8S2/c1-11-2-3-12(15(21)8-11)18-19-13-9-17(30(25,26)27)14(10-16(13)29(22,23)24)20-4-6-28-7-5-20/h2-3,8-10,21H,4-7H2,1H3,(H,22,23,24)(H,25,26,27). The van der Waals surface area contributed by atoms with Gasteiger partial charge in [0, 0.05) is 13.1 Å². The molecule has 0 spiro atoms. The van der Waals surface area contributed by atoms with Gasteiger partial charge in [-0.2, -0.15) is 16.8 Å². The van der Waals surface area contributed by atoms with Gasteiger partial charge in [0.15, 0.2) is 0 Å². The van der Waals surface area contributed by atoms with Crippen LogP contribution in [0.5, 0.6) is 5.75 Å². The summed E-state index contributed by atoms with van der Waals surface area (Å²) in [7, 11) is -9.60. The highest BCUT2D eigenvalue weighted by atomic mass is 32.2. The van der Waals surface area contributed by atoms with Crippen LogP contribution in [0, 0.1) is 6.92 Å². The lowest BCUT2D eigenvalue weighted by atomic mass is 10.2. The van der Waals surface area contributed by atoms with E-state index in [0.29, 0.717) is 0 Å². The quantitative estimate of drug-likeness (QED) is 0.451. The largest absolute Gasteiger partial charge is 0.506 e.